The normalized spacial score (nSPS) is 29.4. The molecule has 0 aliphatic heterocycles. The van der Waals surface area contributed by atoms with E-state index in [1.807, 2.05) is 6.92 Å². The van der Waals surface area contributed by atoms with Gasteiger partial charge in [-0.1, -0.05) is 26.7 Å². The number of hydrogen-bond acceptors (Lipinski definition) is 2. The van der Waals surface area contributed by atoms with E-state index in [1.165, 1.54) is 19.3 Å². The lowest BCUT2D eigenvalue weighted by molar-refractivity contribution is 0.254. The summed E-state index contributed by atoms with van der Waals surface area (Å²) >= 11 is 6.36. The van der Waals surface area contributed by atoms with Crippen molar-refractivity contribution in [2.75, 3.05) is 11.5 Å². The van der Waals surface area contributed by atoms with Crippen LogP contribution >= 0.6 is 11.6 Å². The highest BCUT2D eigenvalue weighted by Gasteiger charge is 2.29. The summed E-state index contributed by atoms with van der Waals surface area (Å²) in [7, 11) is -2.84. The Kier molecular flexibility index (Phi) is 7.01. The minimum Gasteiger partial charge on any atom is -0.229 e. The van der Waals surface area contributed by atoms with Crippen LogP contribution in [-0.4, -0.2) is 25.3 Å². The van der Waals surface area contributed by atoms with Gasteiger partial charge in [-0.15, -0.1) is 11.6 Å². The van der Waals surface area contributed by atoms with Crippen LogP contribution in [0.1, 0.15) is 58.8 Å². The number of sulfone groups is 1. The van der Waals surface area contributed by atoms with Crippen LogP contribution in [0.2, 0.25) is 0 Å². The van der Waals surface area contributed by atoms with Gasteiger partial charge in [0.1, 0.15) is 9.84 Å². The van der Waals surface area contributed by atoms with Crippen molar-refractivity contribution < 1.29 is 8.42 Å². The Balaban J connectivity index is 2.44. The topological polar surface area (TPSA) is 34.1 Å². The summed E-state index contributed by atoms with van der Waals surface area (Å²) in [5, 5.41) is 0.190. The molecular weight excluding hydrogens is 268 g/mol. The van der Waals surface area contributed by atoms with Gasteiger partial charge in [0.05, 0.1) is 5.75 Å². The number of rotatable bonds is 7. The number of alkyl halides is 1. The van der Waals surface area contributed by atoms with E-state index in [9.17, 15) is 8.42 Å². The molecule has 0 bridgehead atoms. The monoisotopic (exact) mass is 294 g/mol. The fourth-order valence-corrected chi connectivity index (χ4v) is 4.88. The quantitative estimate of drug-likeness (QED) is 0.665. The van der Waals surface area contributed by atoms with Crippen molar-refractivity contribution in [3.05, 3.63) is 0 Å². The average molecular weight is 295 g/mol. The highest BCUT2D eigenvalue weighted by atomic mass is 35.5. The number of halogens is 1. The summed E-state index contributed by atoms with van der Waals surface area (Å²) in [5.41, 5.74) is 0. The van der Waals surface area contributed by atoms with E-state index in [4.69, 9.17) is 11.6 Å². The van der Waals surface area contributed by atoms with Crippen molar-refractivity contribution in [3.63, 3.8) is 0 Å². The van der Waals surface area contributed by atoms with Crippen molar-refractivity contribution >= 4 is 21.4 Å². The first-order valence-electron chi connectivity index (χ1n) is 7.33. The summed E-state index contributed by atoms with van der Waals surface area (Å²) in [5.74, 6) is 1.83. The molecule has 0 amide bonds. The fourth-order valence-electron chi connectivity index (χ4n) is 3.04. The van der Waals surface area contributed by atoms with Crippen LogP contribution < -0.4 is 0 Å². The van der Waals surface area contributed by atoms with Crippen molar-refractivity contribution in [1.29, 1.82) is 0 Å². The Hall–Kier alpha value is 0.240. The van der Waals surface area contributed by atoms with Gasteiger partial charge in [-0.3, -0.25) is 0 Å². The van der Waals surface area contributed by atoms with Crippen LogP contribution in [0.4, 0.5) is 0 Å². The third-order valence-electron chi connectivity index (χ3n) is 4.01. The largest absolute Gasteiger partial charge is 0.229 e. The van der Waals surface area contributed by atoms with Crippen LogP contribution in [0, 0.1) is 11.8 Å². The summed E-state index contributed by atoms with van der Waals surface area (Å²) in [6, 6.07) is 0. The van der Waals surface area contributed by atoms with Gasteiger partial charge in [-0.25, -0.2) is 8.42 Å². The molecule has 0 saturated heterocycles. The zero-order valence-electron chi connectivity index (χ0n) is 11.7. The Morgan fingerprint density at radius 2 is 1.78 bits per heavy atom. The first kappa shape index (κ1) is 16.3. The van der Waals surface area contributed by atoms with E-state index in [0.717, 1.165) is 31.6 Å². The molecule has 1 rings (SSSR count). The van der Waals surface area contributed by atoms with Crippen molar-refractivity contribution in [2.45, 2.75) is 64.2 Å². The predicted molar refractivity (Wildman–Crippen MR) is 78.9 cm³/mol. The highest BCUT2D eigenvalue weighted by molar-refractivity contribution is 7.91. The van der Waals surface area contributed by atoms with Crippen LogP contribution in [0.3, 0.4) is 0 Å². The standard InChI is InChI=1S/C14H27ClO2S/c1-3-5-12-6-7-14(15)13(11-12)8-10-18(16,17)9-4-2/h12-14H,3-11H2,1-2H3. The molecular formula is C14H27ClO2S. The molecule has 1 aliphatic carbocycles. The van der Waals surface area contributed by atoms with Crippen LogP contribution in [0.5, 0.6) is 0 Å². The molecule has 3 unspecified atom stereocenters. The summed E-state index contributed by atoms with van der Waals surface area (Å²) in [6.07, 6.45) is 7.38. The molecule has 0 heterocycles. The van der Waals surface area contributed by atoms with Gasteiger partial charge < -0.3 is 0 Å². The summed E-state index contributed by atoms with van der Waals surface area (Å²) < 4.78 is 23.5. The molecule has 18 heavy (non-hydrogen) atoms. The van der Waals surface area contributed by atoms with Crippen molar-refractivity contribution in [2.24, 2.45) is 11.8 Å². The second kappa shape index (κ2) is 7.74. The maximum atomic E-state index is 11.7. The molecule has 108 valence electrons. The van der Waals surface area contributed by atoms with Crippen LogP contribution in [0.25, 0.3) is 0 Å². The van der Waals surface area contributed by atoms with Crippen LogP contribution in [-0.2, 0) is 9.84 Å². The molecule has 0 aromatic carbocycles. The van der Waals surface area contributed by atoms with Gasteiger partial charge in [0.25, 0.3) is 0 Å². The fraction of sp³-hybridized carbons (Fsp3) is 1.00. The second-order valence-electron chi connectivity index (χ2n) is 5.68. The maximum Gasteiger partial charge on any atom is 0.150 e. The van der Waals surface area contributed by atoms with E-state index in [-0.39, 0.29) is 5.38 Å². The first-order valence-corrected chi connectivity index (χ1v) is 9.58. The minimum absolute atomic E-state index is 0.190. The lowest BCUT2D eigenvalue weighted by Gasteiger charge is -2.33. The Morgan fingerprint density at radius 3 is 2.39 bits per heavy atom. The third kappa shape index (κ3) is 5.48. The zero-order valence-corrected chi connectivity index (χ0v) is 13.3. The van der Waals surface area contributed by atoms with Crippen molar-refractivity contribution in [3.8, 4) is 0 Å². The predicted octanol–water partition coefficient (Wildman–Crippen LogP) is 4.03. The SMILES string of the molecule is CCCC1CCC(Cl)C(CCS(=O)(=O)CCC)C1. The van der Waals surface area contributed by atoms with Gasteiger partial charge in [-0.2, -0.15) is 0 Å². The van der Waals surface area contributed by atoms with Gasteiger partial charge in [0.2, 0.25) is 0 Å². The lowest BCUT2D eigenvalue weighted by atomic mass is 9.78. The summed E-state index contributed by atoms with van der Waals surface area (Å²) in [4.78, 5) is 0. The Labute approximate surface area is 117 Å². The van der Waals surface area contributed by atoms with Gasteiger partial charge in [0.15, 0.2) is 0 Å². The molecule has 0 N–H and O–H groups in total. The van der Waals surface area contributed by atoms with E-state index in [0.29, 0.717) is 17.4 Å². The molecule has 0 aromatic rings. The van der Waals surface area contributed by atoms with Crippen molar-refractivity contribution in [1.82, 2.24) is 0 Å². The maximum absolute atomic E-state index is 11.7. The average Bonchev–Trinajstić information content (AvgIpc) is 2.30. The zero-order chi connectivity index (χ0) is 13.6. The minimum atomic E-state index is -2.84. The third-order valence-corrected chi connectivity index (χ3v) is 6.47. The molecule has 0 aromatic heterocycles. The summed E-state index contributed by atoms with van der Waals surface area (Å²) in [6.45, 7) is 4.13. The molecule has 2 nitrogen and oxygen atoms in total. The molecule has 0 spiro atoms. The first-order chi connectivity index (χ1) is 8.48. The molecule has 1 aliphatic rings. The second-order valence-corrected chi connectivity index (χ2v) is 8.55. The van der Waals surface area contributed by atoms with Crippen LogP contribution in [0.15, 0.2) is 0 Å². The Bertz CT molecular complexity index is 327. The highest BCUT2D eigenvalue weighted by Crippen LogP contribution is 2.37. The molecule has 1 fully saturated rings. The number of hydrogen-bond donors (Lipinski definition) is 0. The van der Waals surface area contributed by atoms with E-state index in [1.54, 1.807) is 0 Å². The van der Waals surface area contributed by atoms with Gasteiger partial charge >= 0.3 is 0 Å². The molecule has 4 heteroatoms. The Morgan fingerprint density at radius 1 is 1.06 bits per heavy atom. The molecule has 3 atom stereocenters. The molecule has 1 saturated carbocycles. The smallest absolute Gasteiger partial charge is 0.150 e. The van der Waals surface area contributed by atoms with E-state index >= 15 is 0 Å². The van der Waals surface area contributed by atoms with Gasteiger partial charge in [0, 0.05) is 11.1 Å². The lowest BCUT2D eigenvalue weighted by Crippen LogP contribution is -2.27. The van der Waals surface area contributed by atoms with E-state index in [2.05, 4.69) is 6.92 Å². The van der Waals surface area contributed by atoms with E-state index < -0.39 is 9.84 Å². The van der Waals surface area contributed by atoms with Gasteiger partial charge in [-0.05, 0) is 43.9 Å². The molecule has 0 radical (unpaired) electrons.